The van der Waals surface area contributed by atoms with Crippen LogP contribution in [0.5, 0.6) is 0 Å². The fraction of sp³-hybridized carbons (Fsp3) is 0.133. The van der Waals surface area contributed by atoms with Gasteiger partial charge in [-0.1, -0.05) is 23.7 Å². The van der Waals surface area contributed by atoms with Crippen molar-refractivity contribution in [3.63, 3.8) is 0 Å². The number of carbonyl (C=O) groups is 1. The van der Waals surface area contributed by atoms with Gasteiger partial charge >= 0.3 is 0 Å². The van der Waals surface area contributed by atoms with Crippen LogP contribution in [0.4, 0.5) is 5.69 Å². The summed E-state index contributed by atoms with van der Waals surface area (Å²) in [5, 5.41) is 0.333. The maximum atomic E-state index is 12.8. The van der Waals surface area contributed by atoms with Crippen LogP contribution in [-0.2, 0) is 10.0 Å². The van der Waals surface area contributed by atoms with E-state index < -0.39 is 10.0 Å². The molecule has 0 aromatic heterocycles. The minimum Gasteiger partial charge on any atom is -0.288 e. The van der Waals surface area contributed by atoms with Crippen molar-refractivity contribution in [2.45, 2.75) is 11.8 Å². The van der Waals surface area contributed by atoms with E-state index in [2.05, 4.69) is 0 Å². The molecule has 0 amide bonds. The van der Waals surface area contributed by atoms with Gasteiger partial charge in [0.15, 0.2) is 5.78 Å². The molecule has 0 aliphatic carbocycles. The van der Waals surface area contributed by atoms with Gasteiger partial charge in [-0.05, 0) is 37.3 Å². The van der Waals surface area contributed by atoms with Crippen molar-refractivity contribution in [2.24, 2.45) is 0 Å². The Bertz CT molecular complexity index is 846. The molecule has 0 saturated heterocycles. The van der Waals surface area contributed by atoms with Gasteiger partial charge < -0.3 is 0 Å². The number of carbonyl (C=O) groups excluding carboxylic acids is 1. The summed E-state index contributed by atoms with van der Waals surface area (Å²) in [6.45, 7) is 1.98. The smallest absolute Gasteiger partial charge is 0.265 e. The van der Waals surface area contributed by atoms with Gasteiger partial charge in [-0.3, -0.25) is 9.10 Å². The number of benzene rings is 2. The third-order valence-corrected chi connectivity index (χ3v) is 5.64. The van der Waals surface area contributed by atoms with Gasteiger partial charge in [-0.15, -0.1) is 0 Å². The van der Waals surface area contributed by atoms with E-state index in [1.165, 1.54) is 22.5 Å². The van der Waals surface area contributed by atoms with Crippen LogP contribution in [0.3, 0.4) is 0 Å². The highest BCUT2D eigenvalue weighted by Crippen LogP contribution is 2.35. The van der Waals surface area contributed by atoms with Gasteiger partial charge in [0.05, 0.1) is 10.6 Å². The molecule has 6 heteroatoms. The van der Waals surface area contributed by atoms with Crippen LogP contribution in [0.2, 0.25) is 5.02 Å². The average Bonchev–Trinajstić information content (AvgIpc) is 2.53. The van der Waals surface area contributed by atoms with Crippen molar-refractivity contribution in [3.8, 4) is 0 Å². The number of rotatable bonds is 1. The van der Waals surface area contributed by atoms with E-state index in [1.807, 2.05) is 0 Å². The molecule has 0 unspecified atom stereocenters. The second-order valence-electron chi connectivity index (χ2n) is 4.66. The normalized spacial score (nSPS) is 16.1. The van der Waals surface area contributed by atoms with Crippen LogP contribution in [0.15, 0.2) is 47.4 Å². The molecule has 3 rings (SSSR count). The SMILES string of the molecule is CCN1c2ccccc2C(=O)c2cc(Cl)ccc2S1(=O)=O. The largest absolute Gasteiger partial charge is 0.288 e. The molecule has 21 heavy (non-hydrogen) atoms. The summed E-state index contributed by atoms with van der Waals surface area (Å²) in [6.07, 6.45) is 0. The molecule has 0 radical (unpaired) electrons. The number of ketones is 1. The van der Waals surface area contributed by atoms with Crippen molar-refractivity contribution >= 4 is 33.1 Å². The Morgan fingerprint density at radius 3 is 2.52 bits per heavy atom. The highest BCUT2D eigenvalue weighted by molar-refractivity contribution is 7.93. The Hall–Kier alpha value is -1.85. The summed E-state index contributed by atoms with van der Waals surface area (Å²) in [6, 6.07) is 11.0. The molecule has 2 aromatic carbocycles. The molecule has 0 saturated carbocycles. The molecule has 0 bridgehead atoms. The van der Waals surface area contributed by atoms with Gasteiger partial charge in [0.2, 0.25) is 0 Å². The lowest BCUT2D eigenvalue weighted by Crippen LogP contribution is -2.30. The van der Waals surface area contributed by atoms with E-state index >= 15 is 0 Å². The van der Waals surface area contributed by atoms with Crippen LogP contribution in [0, 0.1) is 0 Å². The molecule has 2 aromatic rings. The minimum absolute atomic E-state index is 0.00468. The number of hydrogen-bond acceptors (Lipinski definition) is 3. The Kier molecular flexibility index (Phi) is 3.26. The quantitative estimate of drug-likeness (QED) is 0.811. The third kappa shape index (κ3) is 2.04. The second kappa shape index (κ2) is 4.86. The average molecular weight is 322 g/mol. The number of hydrogen-bond donors (Lipinski definition) is 0. The Labute approximate surface area is 128 Å². The Morgan fingerprint density at radius 2 is 1.81 bits per heavy atom. The predicted octanol–water partition coefficient (Wildman–Crippen LogP) is 3.10. The molecule has 0 atom stereocenters. The van der Waals surface area contributed by atoms with Crippen LogP contribution < -0.4 is 4.31 Å². The molecule has 1 aliphatic rings. The summed E-state index contributed by atoms with van der Waals surface area (Å²) in [5.41, 5.74) is 0.882. The lowest BCUT2D eigenvalue weighted by Gasteiger charge is -2.22. The lowest BCUT2D eigenvalue weighted by atomic mass is 10.0. The van der Waals surface area contributed by atoms with Crippen LogP contribution in [0.25, 0.3) is 0 Å². The topological polar surface area (TPSA) is 54.5 Å². The fourth-order valence-electron chi connectivity index (χ4n) is 2.52. The van der Waals surface area contributed by atoms with Crippen molar-refractivity contribution in [2.75, 3.05) is 10.8 Å². The summed E-state index contributed by atoms with van der Waals surface area (Å²) in [5.74, 6) is -0.331. The van der Waals surface area contributed by atoms with Crippen LogP contribution >= 0.6 is 11.6 Å². The van der Waals surface area contributed by atoms with E-state index in [0.29, 0.717) is 16.3 Å². The van der Waals surface area contributed by atoms with Crippen molar-refractivity contribution in [1.29, 1.82) is 0 Å². The number of halogens is 1. The predicted molar refractivity (Wildman–Crippen MR) is 81.5 cm³/mol. The van der Waals surface area contributed by atoms with Crippen molar-refractivity contribution in [1.82, 2.24) is 0 Å². The van der Waals surface area contributed by atoms with Gasteiger partial charge in [0.1, 0.15) is 0 Å². The molecule has 0 spiro atoms. The number of nitrogens with zero attached hydrogens (tertiary/aromatic N) is 1. The zero-order valence-corrected chi connectivity index (χ0v) is 12.8. The van der Waals surface area contributed by atoms with E-state index in [-0.39, 0.29) is 22.8 Å². The fourth-order valence-corrected chi connectivity index (χ4v) is 4.36. The van der Waals surface area contributed by atoms with E-state index in [9.17, 15) is 13.2 Å². The number of anilines is 1. The Morgan fingerprint density at radius 1 is 1.10 bits per heavy atom. The maximum Gasteiger partial charge on any atom is 0.265 e. The standard InChI is InChI=1S/C15H12ClNO3S/c1-2-17-13-6-4-3-5-11(13)15(18)12-9-10(16)7-8-14(12)21(17,19)20/h3-9H,2H2,1H3. The van der Waals surface area contributed by atoms with Gasteiger partial charge in [0, 0.05) is 22.7 Å². The van der Waals surface area contributed by atoms with Gasteiger partial charge in [0.25, 0.3) is 10.0 Å². The summed E-state index contributed by atoms with van der Waals surface area (Å²) >= 11 is 5.93. The first-order valence-corrected chi connectivity index (χ1v) is 8.24. The first kappa shape index (κ1) is 14.1. The molecule has 4 nitrogen and oxygen atoms in total. The van der Waals surface area contributed by atoms with E-state index in [1.54, 1.807) is 31.2 Å². The maximum absolute atomic E-state index is 12.8. The molecule has 1 heterocycles. The zero-order chi connectivity index (χ0) is 15.2. The summed E-state index contributed by atoms with van der Waals surface area (Å²) < 4.78 is 26.9. The van der Waals surface area contributed by atoms with E-state index in [0.717, 1.165) is 0 Å². The lowest BCUT2D eigenvalue weighted by molar-refractivity contribution is 0.103. The highest BCUT2D eigenvalue weighted by Gasteiger charge is 2.35. The van der Waals surface area contributed by atoms with Crippen LogP contribution in [0.1, 0.15) is 22.8 Å². The molecule has 1 aliphatic heterocycles. The molecular formula is C15H12ClNO3S. The number of sulfonamides is 1. The van der Waals surface area contributed by atoms with Gasteiger partial charge in [-0.2, -0.15) is 0 Å². The molecule has 0 fully saturated rings. The first-order chi connectivity index (χ1) is 9.96. The summed E-state index contributed by atoms with van der Waals surface area (Å²) in [7, 11) is -3.78. The first-order valence-electron chi connectivity index (χ1n) is 6.43. The molecule has 108 valence electrons. The monoisotopic (exact) mass is 321 g/mol. The number of para-hydroxylation sites is 1. The zero-order valence-electron chi connectivity index (χ0n) is 11.2. The minimum atomic E-state index is -3.78. The van der Waals surface area contributed by atoms with Gasteiger partial charge in [-0.25, -0.2) is 8.42 Å². The Balaban J connectivity index is 2.44. The molecular weight excluding hydrogens is 310 g/mol. The van der Waals surface area contributed by atoms with Crippen molar-refractivity contribution in [3.05, 3.63) is 58.6 Å². The summed E-state index contributed by atoms with van der Waals surface area (Å²) in [4.78, 5) is 12.7. The second-order valence-corrected chi connectivity index (χ2v) is 6.92. The molecule has 0 N–H and O–H groups in total. The highest BCUT2D eigenvalue weighted by atomic mass is 35.5. The van der Waals surface area contributed by atoms with Crippen molar-refractivity contribution < 1.29 is 13.2 Å². The number of fused-ring (bicyclic) bond motifs is 2. The van der Waals surface area contributed by atoms with E-state index in [4.69, 9.17) is 11.6 Å². The van der Waals surface area contributed by atoms with Crippen LogP contribution in [-0.4, -0.2) is 20.7 Å². The third-order valence-electron chi connectivity index (χ3n) is 3.46.